The lowest BCUT2D eigenvalue weighted by atomic mass is 10.2. The molecule has 22 heavy (non-hydrogen) atoms. The largest absolute Gasteiger partial charge is 0.370 e. The summed E-state index contributed by atoms with van der Waals surface area (Å²) in [5, 5.41) is 7.28. The molecule has 0 atom stereocenters. The zero-order chi connectivity index (χ0) is 15.9. The summed E-state index contributed by atoms with van der Waals surface area (Å²) in [4.78, 5) is 10.6. The summed E-state index contributed by atoms with van der Waals surface area (Å²) in [6.07, 6.45) is 2.61. The molecule has 0 fully saturated rings. The van der Waals surface area contributed by atoms with E-state index in [4.69, 9.17) is 11.6 Å². The lowest BCUT2D eigenvalue weighted by Crippen LogP contribution is -2.16. The minimum Gasteiger partial charge on any atom is -0.370 e. The van der Waals surface area contributed by atoms with Crippen LogP contribution in [0.4, 0.5) is 17.3 Å². The van der Waals surface area contributed by atoms with Gasteiger partial charge in [-0.2, -0.15) is 0 Å². The molecule has 0 aliphatic heterocycles. The fourth-order valence-electron chi connectivity index (χ4n) is 1.95. The van der Waals surface area contributed by atoms with E-state index in [-0.39, 0.29) is 0 Å². The summed E-state index contributed by atoms with van der Waals surface area (Å²) in [6, 6.07) is 7.74. The molecular weight excluding hydrogens is 298 g/mol. The lowest BCUT2D eigenvalue weighted by Gasteiger charge is -2.11. The van der Waals surface area contributed by atoms with Gasteiger partial charge in [0.15, 0.2) is 0 Å². The smallest absolute Gasteiger partial charge is 0.135 e. The monoisotopic (exact) mass is 319 g/mol. The van der Waals surface area contributed by atoms with Crippen LogP contribution in [0.15, 0.2) is 30.6 Å². The topological polar surface area (TPSA) is 53.1 Å². The third-order valence-corrected chi connectivity index (χ3v) is 3.61. The Kier molecular flexibility index (Phi) is 5.98. The van der Waals surface area contributed by atoms with E-state index in [9.17, 15) is 0 Å². The Labute approximate surface area is 136 Å². The summed E-state index contributed by atoms with van der Waals surface area (Å²) in [6.45, 7) is 3.91. The van der Waals surface area contributed by atoms with Crippen molar-refractivity contribution in [2.75, 3.05) is 37.8 Å². The van der Waals surface area contributed by atoms with Crippen LogP contribution in [0.1, 0.15) is 12.0 Å². The van der Waals surface area contributed by atoms with Crippen LogP contribution in [0.25, 0.3) is 0 Å². The van der Waals surface area contributed by atoms with E-state index < -0.39 is 0 Å². The number of hydrogen-bond acceptors (Lipinski definition) is 5. The van der Waals surface area contributed by atoms with Crippen molar-refractivity contribution >= 4 is 28.9 Å². The summed E-state index contributed by atoms with van der Waals surface area (Å²) >= 11 is 6.13. The van der Waals surface area contributed by atoms with E-state index in [0.717, 1.165) is 47.4 Å². The Bertz CT molecular complexity index is 615. The molecule has 0 bridgehead atoms. The molecule has 6 heteroatoms. The standard InChI is InChI=1S/C16H22ClN5/c1-12-5-6-13(9-14(12)17)21-16-10-15(19-11-20-16)18-7-4-8-22(2)3/h5-6,9-11H,4,7-8H2,1-3H3,(H2,18,19,20,21). The van der Waals surface area contributed by atoms with Crippen molar-refractivity contribution in [3.63, 3.8) is 0 Å². The molecule has 0 radical (unpaired) electrons. The van der Waals surface area contributed by atoms with Gasteiger partial charge in [0, 0.05) is 23.3 Å². The van der Waals surface area contributed by atoms with E-state index in [1.807, 2.05) is 31.2 Å². The number of halogens is 1. The van der Waals surface area contributed by atoms with Crippen molar-refractivity contribution in [1.82, 2.24) is 14.9 Å². The highest BCUT2D eigenvalue weighted by atomic mass is 35.5. The van der Waals surface area contributed by atoms with Gasteiger partial charge in [-0.25, -0.2) is 9.97 Å². The molecule has 0 aliphatic carbocycles. The first-order valence-corrected chi connectivity index (χ1v) is 7.66. The summed E-state index contributed by atoms with van der Waals surface area (Å²) < 4.78 is 0. The van der Waals surface area contributed by atoms with Crippen LogP contribution in [-0.4, -0.2) is 42.1 Å². The number of anilines is 3. The number of nitrogens with zero attached hydrogens (tertiary/aromatic N) is 3. The minimum atomic E-state index is 0.737. The maximum absolute atomic E-state index is 6.13. The van der Waals surface area contributed by atoms with Crippen LogP contribution in [-0.2, 0) is 0 Å². The third kappa shape index (κ3) is 5.16. The Morgan fingerprint density at radius 3 is 2.64 bits per heavy atom. The average Bonchev–Trinajstić information content (AvgIpc) is 2.48. The molecule has 1 aromatic carbocycles. The second-order valence-corrected chi connectivity index (χ2v) is 5.87. The molecule has 0 saturated heterocycles. The van der Waals surface area contributed by atoms with Crippen molar-refractivity contribution < 1.29 is 0 Å². The fraction of sp³-hybridized carbons (Fsp3) is 0.375. The molecule has 0 saturated carbocycles. The van der Waals surface area contributed by atoms with E-state index >= 15 is 0 Å². The first-order chi connectivity index (χ1) is 10.5. The predicted octanol–water partition coefficient (Wildman–Crippen LogP) is 3.55. The van der Waals surface area contributed by atoms with Gasteiger partial charge in [0.25, 0.3) is 0 Å². The molecule has 2 aromatic rings. The first kappa shape index (κ1) is 16.5. The quantitative estimate of drug-likeness (QED) is 0.764. The number of benzene rings is 1. The van der Waals surface area contributed by atoms with Gasteiger partial charge in [-0.1, -0.05) is 17.7 Å². The van der Waals surface area contributed by atoms with Crippen molar-refractivity contribution in [2.24, 2.45) is 0 Å². The highest BCUT2D eigenvalue weighted by Crippen LogP contribution is 2.22. The number of rotatable bonds is 7. The molecule has 2 N–H and O–H groups in total. The molecule has 0 spiro atoms. The Balaban J connectivity index is 1.94. The van der Waals surface area contributed by atoms with Gasteiger partial charge in [-0.15, -0.1) is 0 Å². The average molecular weight is 320 g/mol. The van der Waals surface area contributed by atoms with Crippen LogP contribution >= 0.6 is 11.6 Å². The van der Waals surface area contributed by atoms with Crippen LogP contribution in [0.2, 0.25) is 5.02 Å². The van der Waals surface area contributed by atoms with Gasteiger partial charge in [0.05, 0.1) is 0 Å². The van der Waals surface area contributed by atoms with Gasteiger partial charge >= 0.3 is 0 Å². The first-order valence-electron chi connectivity index (χ1n) is 7.28. The van der Waals surface area contributed by atoms with Crippen LogP contribution in [0.3, 0.4) is 0 Å². The van der Waals surface area contributed by atoms with E-state index in [0.29, 0.717) is 0 Å². The molecule has 2 rings (SSSR count). The zero-order valence-electron chi connectivity index (χ0n) is 13.2. The Hall–Kier alpha value is -1.85. The van der Waals surface area contributed by atoms with Gasteiger partial charge in [-0.3, -0.25) is 0 Å². The van der Waals surface area contributed by atoms with Crippen molar-refractivity contribution in [1.29, 1.82) is 0 Å². The van der Waals surface area contributed by atoms with Crippen LogP contribution < -0.4 is 10.6 Å². The highest BCUT2D eigenvalue weighted by molar-refractivity contribution is 6.31. The molecular formula is C16H22ClN5. The molecule has 1 aromatic heterocycles. The molecule has 0 unspecified atom stereocenters. The molecule has 118 valence electrons. The molecule has 1 heterocycles. The van der Waals surface area contributed by atoms with E-state index in [2.05, 4.69) is 39.6 Å². The molecule has 5 nitrogen and oxygen atoms in total. The third-order valence-electron chi connectivity index (χ3n) is 3.20. The number of hydrogen-bond donors (Lipinski definition) is 2. The minimum absolute atomic E-state index is 0.737. The van der Waals surface area contributed by atoms with E-state index in [1.165, 1.54) is 0 Å². The summed E-state index contributed by atoms with van der Waals surface area (Å²) in [5.74, 6) is 1.56. The van der Waals surface area contributed by atoms with Gasteiger partial charge in [-0.05, 0) is 51.7 Å². The van der Waals surface area contributed by atoms with Crippen LogP contribution in [0.5, 0.6) is 0 Å². The highest BCUT2D eigenvalue weighted by Gasteiger charge is 2.02. The Morgan fingerprint density at radius 1 is 1.14 bits per heavy atom. The van der Waals surface area contributed by atoms with Gasteiger partial charge in [0.1, 0.15) is 18.0 Å². The van der Waals surface area contributed by atoms with Gasteiger partial charge < -0.3 is 15.5 Å². The van der Waals surface area contributed by atoms with Crippen molar-refractivity contribution in [2.45, 2.75) is 13.3 Å². The predicted molar refractivity (Wildman–Crippen MR) is 93.2 cm³/mol. The maximum atomic E-state index is 6.13. The summed E-state index contributed by atoms with van der Waals surface area (Å²) in [5.41, 5.74) is 1.96. The van der Waals surface area contributed by atoms with Crippen LogP contribution in [0, 0.1) is 6.92 Å². The zero-order valence-corrected chi connectivity index (χ0v) is 14.0. The number of aromatic nitrogens is 2. The second-order valence-electron chi connectivity index (χ2n) is 5.46. The molecule has 0 amide bonds. The lowest BCUT2D eigenvalue weighted by molar-refractivity contribution is 0.405. The van der Waals surface area contributed by atoms with Crippen molar-refractivity contribution in [3.8, 4) is 0 Å². The maximum Gasteiger partial charge on any atom is 0.135 e. The number of nitrogens with one attached hydrogen (secondary N) is 2. The van der Waals surface area contributed by atoms with E-state index in [1.54, 1.807) is 6.33 Å². The summed E-state index contributed by atoms with van der Waals surface area (Å²) in [7, 11) is 4.14. The van der Waals surface area contributed by atoms with Crippen molar-refractivity contribution in [3.05, 3.63) is 41.2 Å². The SMILES string of the molecule is Cc1ccc(Nc2cc(NCCCN(C)C)ncn2)cc1Cl. The van der Waals surface area contributed by atoms with Gasteiger partial charge in [0.2, 0.25) is 0 Å². The fourth-order valence-corrected chi connectivity index (χ4v) is 2.13. The molecule has 0 aliphatic rings. The number of aryl methyl sites for hydroxylation is 1. The Morgan fingerprint density at radius 2 is 1.91 bits per heavy atom. The second kappa shape index (κ2) is 7.96. The normalized spacial score (nSPS) is 10.8.